The Morgan fingerprint density at radius 3 is 2.04 bits per heavy atom. The predicted molar refractivity (Wildman–Crippen MR) is 106 cm³/mol. The van der Waals surface area contributed by atoms with Gasteiger partial charge in [0, 0.05) is 23.9 Å². The summed E-state index contributed by atoms with van der Waals surface area (Å²) in [5.41, 5.74) is 2.98. The van der Waals surface area contributed by atoms with Crippen LogP contribution in [0.4, 0.5) is 0 Å². The Morgan fingerprint density at radius 1 is 1.00 bits per heavy atom. The van der Waals surface area contributed by atoms with Crippen LogP contribution in [0.5, 0.6) is 5.75 Å². The van der Waals surface area contributed by atoms with E-state index in [1.165, 1.54) is 5.56 Å². The van der Waals surface area contributed by atoms with Gasteiger partial charge in [0.2, 0.25) is 0 Å². The van der Waals surface area contributed by atoms with Gasteiger partial charge >= 0.3 is 0 Å². The summed E-state index contributed by atoms with van der Waals surface area (Å²) in [6.45, 7) is 21.1. The molecule has 0 unspecified atom stereocenters. The highest BCUT2D eigenvalue weighted by atomic mass is 16.3. The van der Waals surface area contributed by atoms with E-state index in [-0.39, 0.29) is 10.8 Å². The largest absolute Gasteiger partial charge is 0.507 e. The molecule has 0 atom stereocenters. The topological polar surface area (TPSA) is 35.8 Å². The fourth-order valence-electron chi connectivity index (χ4n) is 2.66. The van der Waals surface area contributed by atoms with Crippen molar-refractivity contribution in [1.82, 2.24) is 4.90 Å². The summed E-state index contributed by atoms with van der Waals surface area (Å²) in [6.07, 6.45) is 1.84. The highest BCUT2D eigenvalue weighted by molar-refractivity contribution is 5.85. The van der Waals surface area contributed by atoms with Gasteiger partial charge in [-0.25, -0.2) is 0 Å². The molecule has 1 rings (SSSR count). The molecule has 0 spiro atoms. The summed E-state index contributed by atoms with van der Waals surface area (Å²) < 4.78 is 0. The molecule has 3 nitrogen and oxygen atoms in total. The van der Waals surface area contributed by atoms with Gasteiger partial charge in [-0.2, -0.15) is 0 Å². The third-order valence-corrected chi connectivity index (χ3v) is 4.48. The first-order chi connectivity index (χ1) is 11.0. The molecule has 0 bridgehead atoms. The lowest BCUT2D eigenvalue weighted by Gasteiger charge is -2.27. The van der Waals surface area contributed by atoms with Crippen LogP contribution < -0.4 is 0 Å². The minimum Gasteiger partial charge on any atom is -0.507 e. The van der Waals surface area contributed by atoms with Crippen molar-refractivity contribution in [2.24, 2.45) is 4.99 Å². The van der Waals surface area contributed by atoms with Gasteiger partial charge in [-0.3, -0.25) is 4.99 Å². The Morgan fingerprint density at radius 2 is 1.58 bits per heavy atom. The summed E-state index contributed by atoms with van der Waals surface area (Å²) in [6, 6.07) is 4.22. The fraction of sp³-hybridized carbons (Fsp3) is 0.667. The van der Waals surface area contributed by atoms with Gasteiger partial charge in [-0.1, -0.05) is 61.5 Å². The van der Waals surface area contributed by atoms with E-state index in [4.69, 9.17) is 0 Å². The van der Waals surface area contributed by atoms with Crippen molar-refractivity contribution in [3.63, 3.8) is 0 Å². The maximum atomic E-state index is 10.7. The van der Waals surface area contributed by atoms with Crippen LogP contribution in [0, 0.1) is 0 Å². The number of aliphatic imine (C=N–C) groups is 1. The molecule has 0 aromatic heterocycles. The summed E-state index contributed by atoms with van der Waals surface area (Å²) in [5.74, 6) is 0.363. The van der Waals surface area contributed by atoms with Gasteiger partial charge < -0.3 is 10.0 Å². The molecule has 1 N–H and O–H groups in total. The summed E-state index contributed by atoms with van der Waals surface area (Å²) in [4.78, 5) is 6.91. The molecular formula is C21H36N2O. The van der Waals surface area contributed by atoms with Crippen LogP contribution in [-0.2, 0) is 10.8 Å². The molecule has 0 aliphatic rings. The van der Waals surface area contributed by atoms with Crippen LogP contribution in [0.25, 0.3) is 0 Å². The van der Waals surface area contributed by atoms with Crippen molar-refractivity contribution in [1.29, 1.82) is 0 Å². The Labute approximate surface area is 148 Å². The maximum Gasteiger partial charge on any atom is 0.128 e. The van der Waals surface area contributed by atoms with E-state index < -0.39 is 0 Å². The number of likely N-dealkylation sites (N-methyl/N-ethyl adjacent to an activating group) is 1. The molecular weight excluding hydrogens is 296 g/mol. The first-order valence-electron chi connectivity index (χ1n) is 9.10. The molecule has 0 amide bonds. The van der Waals surface area contributed by atoms with Crippen LogP contribution in [0.15, 0.2) is 17.1 Å². The van der Waals surface area contributed by atoms with E-state index in [1.807, 2.05) is 6.21 Å². The maximum absolute atomic E-state index is 10.7. The molecule has 0 fully saturated rings. The molecule has 1 aromatic carbocycles. The molecule has 24 heavy (non-hydrogen) atoms. The zero-order valence-corrected chi connectivity index (χ0v) is 16.9. The van der Waals surface area contributed by atoms with Crippen LogP contribution in [0.3, 0.4) is 0 Å². The lowest BCUT2D eigenvalue weighted by Crippen LogP contribution is -2.25. The number of aromatic hydroxyl groups is 1. The SMILES string of the molecule is CCN(CC)CCN=Cc1cc(C(C)(C)C)cc(C(C)(C)C)c1O. The molecule has 0 aliphatic heterocycles. The second-order valence-corrected chi connectivity index (χ2v) is 8.52. The van der Waals surface area contributed by atoms with Crippen LogP contribution in [0.2, 0.25) is 0 Å². The number of nitrogens with zero attached hydrogens (tertiary/aromatic N) is 2. The third kappa shape index (κ3) is 5.62. The fourth-order valence-corrected chi connectivity index (χ4v) is 2.66. The molecule has 0 heterocycles. The van der Waals surface area contributed by atoms with Gasteiger partial charge in [0.05, 0.1) is 6.54 Å². The van der Waals surface area contributed by atoms with E-state index >= 15 is 0 Å². The highest BCUT2D eigenvalue weighted by Crippen LogP contribution is 2.37. The van der Waals surface area contributed by atoms with Crippen molar-refractivity contribution in [2.75, 3.05) is 26.2 Å². The first-order valence-corrected chi connectivity index (χ1v) is 9.10. The second-order valence-electron chi connectivity index (χ2n) is 8.52. The smallest absolute Gasteiger partial charge is 0.128 e. The number of hydrogen-bond acceptors (Lipinski definition) is 3. The average molecular weight is 333 g/mol. The van der Waals surface area contributed by atoms with Crippen molar-refractivity contribution in [3.05, 3.63) is 28.8 Å². The van der Waals surface area contributed by atoms with Gasteiger partial charge in [-0.15, -0.1) is 0 Å². The molecule has 0 aliphatic carbocycles. The Bertz CT molecular complexity index is 558. The standard InChI is InChI=1S/C21H36N2O/c1-9-23(10-2)12-11-22-15-16-13-17(20(3,4)5)14-18(19(16)24)21(6,7)8/h13-15,24H,9-12H2,1-8H3. The minimum absolute atomic E-state index is 0.0392. The summed E-state index contributed by atoms with van der Waals surface area (Å²) in [7, 11) is 0. The van der Waals surface area contributed by atoms with E-state index in [2.05, 4.69) is 77.4 Å². The van der Waals surface area contributed by atoms with Crippen molar-refractivity contribution >= 4 is 6.21 Å². The monoisotopic (exact) mass is 332 g/mol. The Hall–Kier alpha value is -1.35. The van der Waals surface area contributed by atoms with Crippen molar-refractivity contribution < 1.29 is 5.11 Å². The van der Waals surface area contributed by atoms with Crippen molar-refractivity contribution in [3.8, 4) is 5.75 Å². The van der Waals surface area contributed by atoms with E-state index in [9.17, 15) is 5.11 Å². The molecule has 1 aromatic rings. The normalized spacial score (nSPS) is 13.2. The zero-order chi connectivity index (χ0) is 18.5. The molecule has 0 saturated carbocycles. The Kier molecular flexibility index (Phi) is 7.03. The summed E-state index contributed by atoms with van der Waals surface area (Å²) in [5, 5.41) is 10.7. The van der Waals surface area contributed by atoms with Gasteiger partial charge in [0.25, 0.3) is 0 Å². The number of phenolic OH excluding ortho intramolecular Hbond substituents is 1. The number of benzene rings is 1. The second kappa shape index (κ2) is 8.15. The van der Waals surface area contributed by atoms with E-state index in [0.717, 1.165) is 37.3 Å². The quantitative estimate of drug-likeness (QED) is 0.763. The van der Waals surface area contributed by atoms with Crippen LogP contribution in [-0.4, -0.2) is 42.4 Å². The van der Waals surface area contributed by atoms with E-state index in [1.54, 1.807) is 0 Å². The van der Waals surface area contributed by atoms with Gasteiger partial charge in [0.1, 0.15) is 5.75 Å². The third-order valence-electron chi connectivity index (χ3n) is 4.48. The Balaban J connectivity index is 3.13. The van der Waals surface area contributed by atoms with Gasteiger partial charge in [-0.05, 0) is 35.5 Å². The molecule has 0 saturated heterocycles. The molecule has 0 radical (unpaired) electrons. The lowest BCUT2D eigenvalue weighted by atomic mass is 9.79. The highest BCUT2D eigenvalue weighted by Gasteiger charge is 2.24. The van der Waals surface area contributed by atoms with Gasteiger partial charge in [0.15, 0.2) is 0 Å². The average Bonchev–Trinajstić information content (AvgIpc) is 2.46. The number of rotatable bonds is 6. The molecule has 3 heteroatoms. The lowest BCUT2D eigenvalue weighted by molar-refractivity contribution is 0.313. The summed E-state index contributed by atoms with van der Waals surface area (Å²) >= 11 is 0. The minimum atomic E-state index is -0.102. The molecule has 136 valence electrons. The van der Waals surface area contributed by atoms with Crippen LogP contribution >= 0.6 is 0 Å². The predicted octanol–water partition coefficient (Wildman–Crippen LogP) is 4.75. The first kappa shape index (κ1) is 20.7. The van der Waals surface area contributed by atoms with Crippen molar-refractivity contribution in [2.45, 2.75) is 66.2 Å². The zero-order valence-electron chi connectivity index (χ0n) is 16.9. The number of hydrogen-bond donors (Lipinski definition) is 1. The number of phenols is 1. The van der Waals surface area contributed by atoms with Crippen LogP contribution in [0.1, 0.15) is 72.1 Å². The van der Waals surface area contributed by atoms with E-state index in [0.29, 0.717) is 5.75 Å².